The van der Waals surface area contributed by atoms with E-state index in [-0.39, 0.29) is 5.54 Å². The molecule has 0 saturated heterocycles. The molecule has 2 aliphatic rings. The summed E-state index contributed by atoms with van der Waals surface area (Å²) in [6, 6.07) is 5.04. The Balaban J connectivity index is 1.66. The van der Waals surface area contributed by atoms with Gasteiger partial charge in [0.05, 0.1) is 6.07 Å². The molecule has 2 fully saturated rings. The molecule has 2 unspecified atom stereocenters. The number of thioether (sulfide) groups is 1. The number of aromatic nitrogens is 2. The zero-order valence-corrected chi connectivity index (χ0v) is 12.6. The van der Waals surface area contributed by atoms with Crippen molar-refractivity contribution in [2.45, 2.75) is 67.4 Å². The van der Waals surface area contributed by atoms with Gasteiger partial charge in [0.2, 0.25) is 0 Å². The Morgan fingerprint density at radius 3 is 3.00 bits per heavy atom. The Kier molecular flexibility index (Phi) is 3.95. The fraction of sp³-hybridized carbons (Fsp3) is 0.667. The number of hydrogen-bond acceptors (Lipinski definition) is 5. The lowest BCUT2D eigenvalue weighted by Gasteiger charge is -2.36. The van der Waals surface area contributed by atoms with Crippen LogP contribution in [-0.2, 0) is 0 Å². The standard InChI is InChI=1S/C15H20N4S/c1-11-6-8-17-14(18-11)20-13-3-2-7-15(9-13,10-16)19-12-4-5-12/h6,8,12-13,19H,2-5,7,9H2,1H3. The van der Waals surface area contributed by atoms with E-state index in [1.807, 2.05) is 19.2 Å². The third-order valence-corrected chi connectivity index (χ3v) is 5.17. The van der Waals surface area contributed by atoms with Gasteiger partial charge in [-0.15, -0.1) is 0 Å². The van der Waals surface area contributed by atoms with Crippen molar-refractivity contribution in [2.24, 2.45) is 0 Å². The van der Waals surface area contributed by atoms with Gasteiger partial charge in [0.15, 0.2) is 5.16 Å². The lowest BCUT2D eigenvalue weighted by Crippen LogP contribution is -2.49. The van der Waals surface area contributed by atoms with Crippen LogP contribution in [0, 0.1) is 18.3 Å². The third-order valence-electron chi connectivity index (χ3n) is 4.02. The molecule has 1 N–H and O–H groups in total. The van der Waals surface area contributed by atoms with Crippen LogP contribution in [0.25, 0.3) is 0 Å². The van der Waals surface area contributed by atoms with Crippen LogP contribution in [-0.4, -0.2) is 26.8 Å². The van der Waals surface area contributed by atoms with Gasteiger partial charge in [0, 0.05) is 23.2 Å². The molecule has 2 saturated carbocycles. The van der Waals surface area contributed by atoms with E-state index in [1.165, 1.54) is 12.8 Å². The zero-order valence-electron chi connectivity index (χ0n) is 11.8. The normalized spacial score (nSPS) is 29.9. The Morgan fingerprint density at radius 1 is 1.45 bits per heavy atom. The first-order valence-corrected chi connectivity index (χ1v) is 8.22. The van der Waals surface area contributed by atoms with E-state index in [2.05, 4.69) is 21.4 Å². The summed E-state index contributed by atoms with van der Waals surface area (Å²) in [7, 11) is 0. The molecule has 106 valence electrons. The van der Waals surface area contributed by atoms with E-state index in [1.54, 1.807) is 11.8 Å². The van der Waals surface area contributed by atoms with E-state index in [9.17, 15) is 5.26 Å². The van der Waals surface area contributed by atoms with Crippen LogP contribution >= 0.6 is 11.8 Å². The minimum atomic E-state index is -0.319. The van der Waals surface area contributed by atoms with Gasteiger partial charge in [0.1, 0.15) is 5.54 Å². The topological polar surface area (TPSA) is 61.6 Å². The number of nitrogens with zero attached hydrogens (tertiary/aromatic N) is 3. The van der Waals surface area contributed by atoms with Crippen LogP contribution in [0.4, 0.5) is 0 Å². The molecular formula is C15H20N4S. The van der Waals surface area contributed by atoms with E-state index < -0.39 is 0 Å². The summed E-state index contributed by atoms with van der Waals surface area (Å²) in [6.45, 7) is 1.99. The monoisotopic (exact) mass is 288 g/mol. The van der Waals surface area contributed by atoms with Crippen molar-refractivity contribution in [3.8, 4) is 6.07 Å². The minimum absolute atomic E-state index is 0.319. The number of nitriles is 1. The van der Waals surface area contributed by atoms with Crippen molar-refractivity contribution >= 4 is 11.8 Å². The Morgan fingerprint density at radius 2 is 2.30 bits per heavy atom. The van der Waals surface area contributed by atoms with E-state index in [0.29, 0.717) is 11.3 Å². The molecule has 1 aromatic rings. The largest absolute Gasteiger partial charge is 0.297 e. The summed E-state index contributed by atoms with van der Waals surface area (Å²) in [5, 5.41) is 14.4. The molecule has 2 aliphatic carbocycles. The van der Waals surface area contributed by atoms with E-state index in [4.69, 9.17) is 0 Å². The maximum Gasteiger partial charge on any atom is 0.187 e. The van der Waals surface area contributed by atoms with Gasteiger partial charge in [-0.2, -0.15) is 5.26 Å². The smallest absolute Gasteiger partial charge is 0.187 e. The molecule has 0 aliphatic heterocycles. The van der Waals surface area contributed by atoms with Crippen LogP contribution in [0.1, 0.15) is 44.2 Å². The van der Waals surface area contributed by atoms with Crippen molar-refractivity contribution in [1.82, 2.24) is 15.3 Å². The van der Waals surface area contributed by atoms with E-state index in [0.717, 1.165) is 36.5 Å². The predicted octanol–water partition coefficient (Wildman–Crippen LogP) is 2.83. The summed E-state index contributed by atoms with van der Waals surface area (Å²) in [6.07, 6.45) is 8.40. The van der Waals surface area contributed by atoms with Crippen LogP contribution in [0.3, 0.4) is 0 Å². The highest BCUT2D eigenvalue weighted by molar-refractivity contribution is 7.99. The fourth-order valence-electron chi connectivity index (χ4n) is 2.84. The molecular weight excluding hydrogens is 268 g/mol. The molecule has 0 bridgehead atoms. The SMILES string of the molecule is Cc1ccnc(SC2CCCC(C#N)(NC3CC3)C2)n1. The molecule has 2 atom stereocenters. The van der Waals surface area contributed by atoms with Gasteiger partial charge in [-0.05, 0) is 51.5 Å². The summed E-state index contributed by atoms with van der Waals surface area (Å²) >= 11 is 1.73. The number of hydrogen-bond donors (Lipinski definition) is 1. The summed E-state index contributed by atoms with van der Waals surface area (Å²) in [5.74, 6) is 0. The molecule has 3 rings (SSSR count). The average molecular weight is 288 g/mol. The minimum Gasteiger partial charge on any atom is -0.297 e. The molecule has 0 spiro atoms. The third kappa shape index (κ3) is 3.31. The predicted molar refractivity (Wildman–Crippen MR) is 79.4 cm³/mol. The quantitative estimate of drug-likeness (QED) is 0.863. The van der Waals surface area contributed by atoms with Gasteiger partial charge < -0.3 is 0 Å². The van der Waals surface area contributed by atoms with Crippen molar-refractivity contribution in [2.75, 3.05) is 0 Å². The van der Waals surface area contributed by atoms with Crippen molar-refractivity contribution in [3.05, 3.63) is 18.0 Å². The Hall–Kier alpha value is -1.12. The van der Waals surface area contributed by atoms with Gasteiger partial charge in [-0.25, -0.2) is 9.97 Å². The van der Waals surface area contributed by atoms with Crippen LogP contribution in [0.5, 0.6) is 0 Å². The fourth-order valence-corrected chi connectivity index (χ4v) is 4.11. The average Bonchev–Trinajstić information content (AvgIpc) is 3.23. The van der Waals surface area contributed by atoms with E-state index >= 15 is 0 Å². The summed E-state index contributed by atoms with van der Waals surface area (Å²) in [5.41, 5.74) is 0.682. The molecule has 0 aromatic carbocycles. The summed E-state index contributed by atoms with van der Waals surface area (Å²) in [4.78, 5) is 8.79. The highest BCUT2D eigenvalue weighted by Gasteiger charge is 2.40. The molecule has 1 heterocycles. The first-order valence-electron chi connectivity index (χ1n) is 7.34. The highest BCUT2D eigenvalue weighted by atomic mass is 32.2. The number of rotatable bonds is 4. The molecule has 20 heavy (non-hydrogen) atoms. The highest BCUT2D eigenvalue weighted by Crippen LogP contribution is 2.38. The first-order chi connectivity index (χ1) is 9.69. The van der Waals surface area contributed by atoms with Gasteiger partial charge >= 0.3 is 0 Å². The van der Waals surface area contributed by atoms with Gasteiger partial charge in [-0.3, -0.25) is 5.32 Å². The van der Waals surface area contributed by atoms with Crippen molar-refractivity contribution in [3.63, 3.8) is 0 Å². The second kappa shape index (κ2) is 5.71. The van der Waals surface area contributed by atoms with Gasteiger partial charge in [-0.1, -0.05) is 11.8 Å². The lowest BCUT2D eigenvalue weighted by atomic mass is 9.82. The first kappa shape index (κ1) is 13.8. The summed E-state index contributed by atoms with van der Waals surface area (Å²) < 4.78 is 0. The van der Waals surface area contributed by atoms with Gasteiger partial charge in [0.25, 0.3) is 0 Å². The number of aryl methyl sites for hydroxylation is 1. The number of nitrogens with one attached hydrogen (secondary N) is 1. The molecule has 5 heteroatoms. The zero-order chi connectivity index (χ0) is 14.0. The maximum absolute atomic E-state index is 9.59. The lowest BCUT2D eigenvalue weighted by molar-refractivity contribution is 0.301. The molecule has 0 radical (unpaired) electrons. The Labute approximate surface area is 124 Å². The molecule has 1 aromatic heterocycles. The van der Waals surface area contributed by atoms with Crippen molar-refractivity contribution < 1.29 is 0 Å². The van der Waals surface area contributed by atoms with Crippen LogP contribution in [0.2, 0.25) is 0 Å². The van der Waals surface area contributed by atoms with Crippen LogP contribution in [0.15, 0.2) is 17.4 Å². The van der Waals surface area contributed by atoms with Crippen LogP contribution < -0.4 is 5.32 Å². The second-order valence-corrected chi connectivity index (χ2v) is 7.20. The maximum atomic E-state index is 9.59. The second-order valence-electron chi connectivity index (χ2n) is 5.93. The molecule has 4 nitrogen and oxygen atoms in total. The van der Waals surface area contributed by atoms with Crippen molar-refractivity contribution in [1.29, 1.82) is 5.26 Å². The molecule has 0 amide bonds. The Bertz CT molecular complexity index is 523.